The number of pyridine rings is 1. The summed E-state index contributed by atoms with van der Waals surface area (Å²) in [6, 6.07) is 10.0. The summed E-state index contributed by atoms with van der Waals surface area (Å²) in [7, 11) is 0. The zero-order valence-corrected chi connectivity index (χ0v) is 13.6. The van der Waals surface area contributed by atoms with Crippen LogP contribution in [0.5, 0.6) is 0 Å². The van der Waals surface area contributed by atoms with Crippen molar-refractivity contribution >= 4 is 16.6 Å². The molecule has 0 aliphatic heterocycles. The average molecular weight is 285 g/mol. The Morgan fingerprint density at radius 2 is 1.76 bits per heavy atom. The largest absolute Gasteiger partial charge is 0.398 e. The Morgan fingerprint density at radius 3 is 2.43 bits per heavy atom. The third-order valence-electron chi connectivity index (χ3n) is 4.20. The minimum absolute atomic E-state index is 0.683. The lowest BCUT2D eigenvalue weighted by atomic mass is 9.85. The number of nitrogens with two attached hydrogens (primary N) is 1. The van der Waals surface area contributed by atoms with Gasteiger partial charge in [-0.15, -0.1) is 0 Å². The molecule has 2 aromatic rings. The number of hydrogen-bond acceptors (Lipinski definition) is 3. The summed E-state index contributed by atoms with van der Waals surface area (Å²) in [4.78, 5) is 4.68. The minimum Gasteiger partial charge on any atom is -0.398 e. The third-order valence-corrected chi connectivity index (χ3v) is 4.20. The molecule has 21 heavy (non-hydrogen) atoms. The molecular weight excluding hydrogens is 258 g/mol. The zero-order chi connectivity index (χ0) is 15.4. The van der Waals surface area contributed by atoms with E-state index in [0.717, 1.165) is 35.4 Å². The van der Waals surface area contributed by atoms with Crippen molar-refractivity contribution in [2.24, 2.45) is 17.8 Å². The lowest BCUT2D eigenvalue weighted by molar-refractivity contribution is 0.275. The summed E-state index contributed by atoms with van der Waals surface area (Å²) in [5.41, 5.74) is 8.91. The lowest BCUT2D eigenvalue weighted by Crippen LogP contribution is -2.29. The third kappa shape index (κ3) is 3.94. The molecule has 1 heterocycles. The SMILES string of the molecule is CC(C)C(CNCc1cc(N)c2ccccc2n1)C(C)C. The molecule has 3 nitrogen and oxygen atoms in total. The molecule has 0 aliphatic rings. The van der Waals surface area contributed by atoms with Crippen LogP contribution in [0.15, 0.2) is 30.3 Å². The second-order valence-electron chi connectivity index (χ2n) is 6.50. The summed E-state index contributed by atoms with van der Waals surface area (Å²) < 4.78 is 0. The van der Waals surface area contributed by atoms with Crippen LogP contribution in [0.1, 0.15) is 33.4 Å². The van der Waals surface area contributed by atoms with Gasteiger partial charge in [0, 0.05) is 17.6 Å². The van der Waals surface area contributed by atoms with Gasteiger partial charge in [0.2, 0.25) is 0 Å². The number of anilines is 1. The van der Waals surface area contributed by atoms with Crippen LogP contribution in [0.2, 0.25) is 0 Å². The molecule has 1 aromatic carbocycles. The van der Waals surface area contributed by atoms with E-state index in [-0.39, 0.29) is 0 Å². The van der Waals surface area contributed by atoms with Gasteiger partial charge in [-0.25, -0.2) is 0 Å². The van der Waals surface area contributed by atoms with Crippen molar-refractivity contribution in [3.05, 3.63) is 36.0 Å². The summed E-state index contributed by atoms with van der Waals surface area (Å²) in [5.74, 6) is 2.06. The molecule has 0 aliphatic carbocycles. The number of nitrogens with zero attached hydrogens (tertiary/aromatic N) is 1. The Bertz CT molecular complexity index is 582. The van der Waals surface area contributed by atoms with Crippen LogP contribution < -0.4 is 11.1 Å². The quantitative estimate of drug-likeness (QED) is 0.848. The predicted molar refractivity (Wildman–Crippen MR) is 91.0 cm³/mol. The number of aromatic nitrogens is 1. The maximum absolute atomic E-state index is 6.12. The van der Waals surface area contributed by atoms with E-state index in [2.05, 4.69) is 38.0 Å². The first-order valence-electron chi connectivity index (χ1n) is 7.84. The molecule has 0 saturated heterocycles. The van der Waals surface area contributed by atoms with Gasteiger partial charge >= 0.3 is 0 Å². The Kier molecular flexibility index (Phi) is 5.18. The highest BCUT2D eigenvalue weighted by molar-refractivity contribution is 5.90. The van der Waals surface area contributed by atoms with Crippen molar-refractivity contribution in [3.8, 4) is 0 Å². The van der Waals surface area contributed by atoms with E-state index in [0.29, 0.717) is 17.8 Å². The van der Waals surface area contributed by atoms with Gasteiger partial charge in [-0.1, -0.05) is 45.9 Å². The molecular formula is C18H27N3. The summed E-state index contributed by atoms with van der Waals surface area (Å²) in [5, 5.41) is 4.57. The van der Waals surface area contributed by atoms with Gasteiger partial charge in [-0.05, 0) is 36.4 Å². The van der Waals surface area contributed by atoms with Crippen molar-refractivity contribution < 1.29 is 0 Å². The van der Waals surface area contributed by atoms with Crippen LogP contribution in [-0.2, 0) is 6.54 Å². The summed E-state index contributed by atoms with van der Waals surface area (Å²) in [6.07, 6.45) is 0. The van der Waals surface area contributed by atoms with Gasteiger partial charge < -0.3 is 11.1 Å². The van der Waals surface area contributed by atoms with Crippen LogP contribution in [0.25, 0.3) is 10.9 Å². The van der Waals surface area contributed by atoms with Crippen molar-refractivity contribution in [2.45, 2.75) is 34.2 Å². The molecule has 2 rings (SSSR count). The first-order chi connectivity index (χ1) is 9.99. The zero-order valence-electron chi connectivity index (χ0n) is 13.6. The molecule has 0 spiro atoms. The molecule has 0 unspecified atom stereocenters. The molecule has 0 atom stereocenters. The number of hydrogen-bond donors (Lipinski definition) is 2. The Labute approximate surface area is 128 Å². The van der Waals surface area contributed by atoms with E-state index in [1.165, 1.54) is 0 Å². The number of nitrogen functional groups attached to an aromatic ring is 1. The minimum atomic E-state index is 0.683. The second-order valence-corrected chi connectivity index (χ2v) is 6.50. The van der Waals surface area contributed by atoms with Crippen LogP contribution in [0, 0.1) is 17.8 Å². The van der Waals surface area contributed by atoms with E-state index in [1.807, 2.05) is 30.3 Å². The maximum atomic E-state index is 6.12. The number of benzene rings is 1. The molecule has 3 N–H and O–H groups in total. The van der Waals surface area contributed by atoms with E-state index < -0.39 is 0 Å². The van der Waals surface area contributed by atoms with E-state index in [1.54, 1.807) is 0 Å². The molecule has 0 bridgehead atoms. The lowest BCUT2D eigenvalue weighted by Gasteiger charge is -2.25. The van der Waals surface area contributed by atoms with Crippen molar-refractivity contribution in [1.29, 1.82) is 0 Å². The first kappa shape index (κ1) is 15.8. The first-order valence-corrected chi connectivity index (χ1v) is 7.84. The highest BCUT2D eigenvalue weighted by atomic mass is 14.9. The molecule has 0 amide bonds. The fraction of sp³-hybridized carbons (Fsp3) is 0.500. The number of rotatable bonds is 6. The fourth-order valence-electron chi connectivity index (χ4n) is 2.96. The van der Waals surface area contributed by atoms with E-state index in [9.17, 15) is 0 Å². The predicted octanol–water partition coefficient (Wildman–Crippen LogP) is 3.83. The van der Waals surface area contributed by atoms with E-state index >= 15 is 0 Å². The highest BCUT2D eigenvalue weighted by Crippen LogP contribution is 2.21. The van der Waals surface area contributed by atoms with E-state index in [4.69, 9.17) is 5.73 Å². The Morgan fingerprint density at radius 1 is 1.10 bits per heavy atom. The van der Waals surface area contributed by atoms with Crippen molar-refractivity contribution in [1.82, 2.24) is 10.3 Å². The number of nitrogens with one attached hydrogen (secondary N) is 1. The highest BCUT2D eigenvalue weighted by Gasteiger charge is 2.16. The smallest absolute Gasteiger partial charge is 0.0726 e. The van der Waals surface area contributed by atoms with Crippen LogP contribution in [-0.4, -0.2) is 11.5 Å². The summed E-state index contributed by atoms with van der Waals surface area (Å²) >= 11 is 0. The van der Waals surface area contributed by atoms with Crippen LogP contribution in [0.4, 0.5) is 5.69 Å². The van der Waals surface area contributed by atoms with Crippen molar-refractivity contribution in [2.75, 3.05) is 12.3 Å². The van der Waals surface area contributed by atoms with Gasteiger partial charge in [0.05, 0.1) is 11.2 Å². The normalized spacial score (nSPS) is 12.0. The molecule has 0 saturated carbocycles. The number of para-hydroxylation sites is 1. The topological polar surface area (TPSA) is 50.9 Å². The van der Waals surface area contributed by atoms with Crippen LogP contribution in [0.3, 0.4) is 0 Å². The van der Waals surface area contributed by atoms with Crippen LogP contribution >= 0.6 is 0 Å². The Balaban J connectivity index is 2.04. The van der Waals surface area contributed by atoms with Gasteiger partial charge in [0.25, 0.3) is 0 Å². The maximum Gasteiger partial charge on any atom is 0.0726 e. The Hall–Kier alpha value is -1.61. The molecule has 0 fully saturated rings. The van der Waals surface area contributed by atoms with Gasteiger partial charge in [-0.2, -0.15) is 0 Å². The van der Waals surface area contributed by atoms with Gasteiger partial charge in [-0.3, -0.25) is 4.98 Å². The fourth-order valence-corrected chi connectivity index (χ4v) is 2.96. The molecule has 0 radical (unpaired) electrons. The average Bonchev–Trinajstić information content (AvgIpc) is 2.43. The standard InChI is InChI=1S/C18H27N3/c1-12(2)16(13(3)4)11-20-10-14-9-17(19)15-7-5-6-8-18(15)21-14/h5-9,12-13,16,20H,10-11H2,1-4H3,(H2,19,21). The second kappa shape index (κ2) is 6.90. The molecule has 3 heteroatoms. The number of fused-ring (bicyclic) bond motifs is 1. The molecule has 1 aromatic heterocycles. The van der Waals surface area contributed by atoms with Gasteiger partial charge in [0.15, 0.2) is 0 Å². The molecule has 114 valence electrons. The monoisotopic (exact) mass is 285 g/mol. The summed E-state index contributed by atoms with van der Waals surface area (Å²) in [6.45, 7) is 10.9. The van der Waals surface area contributed by atoms with Gasteiger partial charge in [0.1, 0.15) is 0 Å². The van der Waals surface area contributed by atoms with Crippen molar-refractivity contribution in [3.63, 3.8) is 0 Å².